The zero-order valence-electron chi connectivity index (χ0n) is 27.0. The molecule has 1 N–H and O–H groups in total. The van der Waals surface area contributed by atoms with Crippen molar-refractivity contribution >= 4 is 28.6 Å². The van der Waals surface area contributed by atoms with Gasteiger partial charge < -0.3 is 15.0 Å². The average molecular weight is 665 g/mol. The molecule has 0 bridgehead atoms. The summed E-state index contributed by atoms with van der Waals surface area (Å²) in [7, 11) is 0. The number of urea groups is 1. The molecule has 8 nitrogen and oxygen atoms in total. The fourth-order valence-electron chi connectivity index (χ4n) is 5.43. The monoisotopic (exact) mass is 664 g/mol. The number of carbonyl (C=O) groups excluding carboxylic acids is 1. The number of anilines is 1. The molecule has 0 saturated carbocycles. The van der Waals surface area contributed by atoms with Crippen LogP contribution < -0.4 is 15.0 Å². The van der Waals surface area contributed by atoms with E-state index in [9.17, 15) is 18.0 Å². The molecule has 1 aromatic heterocycles. The Morgan fingerprint density at radius 2 is 1.81 bits per heavy atom. The molecule has 248 valence electrons. The third kappa shape index (κ3) is 9.37. The number of hydrogen-bond acceptors (Lipinski definition) is 5. The topological polar surface area (TPSA) is 84.6 Å². The molecule has 2 heterocycles. The van der Waals surface area contributed by atoms with Crippen molar-refractivity contribution in [3.63, 3.8) is 0 Å². The summed E-state index contributed by atoms with van der Waals surface area (Å²) in [4.78, 5) is 24.1. The third-order valence-electron chi connectivity index (χ3n) is 7.68. The van der Waals surface area contributed by atoms with Crippen LogP contribution in [0.15, 0.2) is 78.0 Å². The Morgan fingerprint density at radius 3 is 2.51 bits per heavy atom. The van der Waals surface area contributed by atoms with Crippen LogP contribution in [-0.2, 0) is 12.8 Å². The smallest absolute Gasteiger partial charge is 0.406 e. The second-order valence-electron chi connectivity index (χ2n) is 12.4. The van der Waals surface area contributed by atoms with Crippen LogP contribution in [0.3, 0.4) is 0 Å². The fraction of sp³-hybridized carbons (Fsp3) is 0.371. The van der Waals surface area contributed by atoms with Crippen LogP contribution in [0.25, 0.3) is 17.1 Å². The number of thioether (sulfide) groups is 1. The predicted molar refractivity (Wildman–Crippen MR) is 181 cm³/mol. The van der Waals surface area contributed by atoms with E-state index in [0.717, 1.165) is 60.0 Å². The molecule has 0 unspecified atom stereocenters. The van der Waals surface area contributed by atoms with Gasteiger partial charge in [0.15, 0.2) is 11.0 Å². The molecule has 47 heavy (non-hydrogen) atoms. The number of halogens is 3. The summed E-state index contributed by atoms with van der Waals surface area (Å²) >= 11 is 1.63. The van der Waals surface area contributed by atoms with Gasteiger partial charge in [-0.25, -0.2) is 14.5 Å². The van der Waals surface area contributed by atoms with Gasteiger partial charge in [-0.15, -0.1) is 18.3 Å². The van der Waals surface area contributed by atoms with Gasteiger partial charge in [0.1, 0.15) is 12.1 Å². The summed E-state index contributed by atoms with van der Waals surface area (Å²) < 4.78 is 42.8. The first kappa shape index (κ1) is 34.0. The lowest BCUT2D eigenvalue weighted by Gasteiger charge is -2.31. The highest BCUT2D eigenvalue weighted by Crippen LogP contribution is 2.30. The second kappa shape index (κ2) is 14.6. The van der Waals surface area contributed by atoms with Crippen LogP contribution in [0.5, 0.6) is 5.75 Å². The number of nitrogens with zero attached hydrogens (tertiary/aromatic N) is 5. The maximum absolute atomic E-state index is 13.0. The Balaban J connectivity index is 1.18. The van der Waals surface area contributed by atoms with Crippen molar-refractivity contribution in [1.29, 1.82) is 0 Å². The van der Waals surface area contributed by atoms with Gasteiger partial charge in [-0.2, -0.15) is 4.99 Å². The number of amidine groups is 1. The highest BCUT2D eigenvalue weighted by Gasteiger charge is 2.31. The first-order chi connectivity index (χ1) is 22.4. The molecule has 1 fully saturated rings. The summed E-state index contributed by atoms with van der Waals surface area (Å²) in [6, 6.07) is 19.5. The summed E-state index contributed by atoms with van der Waals surface area (Å²) in [5.74, 6) is 1.12. The van der Waals surface area contributed by atoms with Crippen LogP contribution in [0.1, 0.15) is 50.3 Å². The SMILES string of the molecule is CCCc1ccc(C)cc1N1CCCSC1=NC(=O)NCC(C)(C)Cc1ccc(-c2ncn(-c3ccc(OC(F)(F)F)cc3)n2)cc1. The van der Waals surface area contributed by atoms with E-state index >= 15 is 0 Å². The van der Waals surface area contributed by atoms with Crippen LogP contribution in [-0.4, -0.2) is 51.2 Å². The van der Waals surface area contributed by atoms with Crippen molar-refractivity contribution in [2.75, 3.05) is 23.7 Å². The number of aliphatic imine (C=N–C) groups is 1. The normalized spacial score (nSPS) is 14.8. The minimum absolute atomic E-state index is 0.233. The summed E-state index contributed by atoms with van der Waals surface area (Å²) in [6.07, 6.45) is 0.549. The molecule has 12 heteroatoms. The van der Waals surface area contributed by atoms with E-state index < -0.39 is 6.36 Å². The number of benzene rings is 3. The molecule has 1 aliphatic heterocycles. The van der Waals surface area contributed by atoms with Crippen molar-refractivity contribution in [1.82, 2.24) is 20.1 Å². The van der Waals surface area contributed by atoms with E-state index in [1.54, 1.807) is 11.8 Å². The van der Waals surface area contributed by atoms with Gasteiger partial charge in [0.05, 0.1) is 5.69 Å². The number of carbonyl (C=O) groups is 1. The Labute approximate surface area is 277 Å². The quantitative estimate of drug-likeness (QED) is 0.183. The molecule has 3 aromatic carbocycles. The van der Waals surface area contributed by atoms with Crippen LogP contribution in [0, 0.1) is 12.3 Å². The molecule has 5 rings (SSSR count). The lowest BCUT2D eigenvalue weighted by Crippen LogP contribution is -2.38. The number of rotatable bonds is 10. The van der Waals surface area contributed by atoms with E-state index in [1.807, 2.05) is 24.3 Å². The summed E-state index contributed by atoms with van der Waals surface area (Å²) in [5, 5.41) is 8.25. The van der Waals surface area contributed by atoms with Crippen molar-refractivity contribution in [3.05, 3.63) is 89.7 Å². The first-order valence-electron chi connectivity index (χ1n) is 15.6. The largest absolute Gasteiger partial charge is 0.573 e. The number of aromatic nitrogens is 3. The van der Waals surface area contributed by atoms with E-state index in [-0.39, 0.29) is 17.2 Å². The van der Waals surface area contributed by atoms with Gasteiger partial charge in [0.25, 0.3) is 0 Å². The number of aryl methyl sites for hydroxylation is 2. The molecular weight excluding hydrogens is 625 g/mol. The van der Waals surface area contributed by atoms with Crippen molar-refractivity contribution in [2.24, 2.45) is 10.4 Å². The zero-order chi connectivity index (χ0) is 33.6. The maximum atomic E-state index is 13.0. The van der Waals surface area contributed by atoms with E-state index in [4.69, 9.17) is 0 Å². The van der Waals surface area contributed by atoms with Gasteiger partial charge in [0.2, 0.25) is 0 Å². The van der Waals surface area contributed by atoms with Crippen LogP contribution in [0.4, 0.5) is 23.7 Å². The molecule has 0 aliphatic carbocycles. The van der Waals surface area contributed by atoms with Crippen molar-refractivity contribution in [2.45, 2.75) is 59.7 Å². The third-order valence-corrected chi connectivity index (χ3v) is 8.74. The number of hydrogen-bond donors (Lipinski definition) is 1. The summed E-state index contributed by atoms with van der Waals surface area (Å²) in [6.45, 7) is 9.77. The standard InChI is InChI=1S/C35H39F3N6O2S/c1-5-7-26-11-8-24(2)20-30(26)43-18-6-19-47-33(43)41-32(45)39-22-34(3,4)21-25-9-12-27(13-10-25)31-40-23-44(42-31)28-14-16-29(17-15-28)46-35(36,37)38/h8-17,20,23H,5-7,18-19,21-22H2,1-4H3,(H,39,45). The Kier molecular flexibility index (Phi) is 10.6. The van der Waals surface area contributed by atoms with Gasteiger partial charge in [-0.3, -0.25) is 0 Å². The minimum Gasteiger partial charge on any atom is -0.406 e. The molecular formula is C35H39F3N6O2S. The molecule has 0 spiro atoms. The number of nitrogens with one attached hydrogen (secondary N) is 1. The molecule has 4 aromatic rings. The van der Waals surface area contributed by atoms with Gasteiger partial charge in [0, 0.05) is 30.1 Å². The van der Waals surface area contributed by atoms with Gasteiger partial charge >= 0.3 is 12.4 Å². The Bertz CT molecular complexity index is 1700. The lowest BCUT2D eigenvalue weighted by molar-refractivity contribution is -0.274. The van der Waals surface area contributed by atoms with E-state index in [2.05, 4.69) is 75.9 Å². The highest BCUT2D eigenvalue weighted by molar-refractivity contribution is 8.14. The van der Waals surface area contributed by atoms with Crippen LogP contribution in [0.2, 0.25) is 0 Å². The molecule has 1 saturated heterocycles. The highest BCUT2D eigenvalue weighted by atomic mass is 32.2. The van der Waals surface area contributed by atoms with Crippen LogP contribution >= 0.6 is 11.8 Å². The van der Waals surface area contributed by atoms with Gasteiger partial charge in [-0.05, 0) is 78.6 Å². The Morgan fingerprint density at radius 1 is 1.06 bits per heavy atom. The van der Waals surface area contributed by atoms with Crippen molar-refractivity contribution in [3.8, 4) is 22.8 Å². The zero-order valence-corrected chi connectivity index (χ0v) is 27.8. The molecule has 0 radical (unpaired) electrons. The second-order valence-corrected chi connectivity index (χ2v) is 13.4. The number of amides is 2. The predicted octanol–water partition coefficient (Wildman–Crippen LogP) is 8.37. The lowest BCUT2D eigenvalue weighted by atomic mass is 9.85. The maximum Gasteiger partial charge on any atom is 0.573 e. The number of ether oxygens (including phenoxy) is 1. The van der Waals surface area contributed by atoms with Gasteiger partial charge in [-0.1, -0.05) is 75.4 Å². The van der Waals surface area contributed by atoms with E-state index in [0.29, 0.717) is 18.1 Å². The summed E-state index contributed by atoms with van der Waals surface area (Å²) in [5.41, 5.74) is 5.82. The average Bonchev–Trinajstić information content (AvgIpc) is 3.52. The fourth-order valence-corrected chi connectivity index (χ4v) is 6.38. The Hall–Kier alpha value is -4.32. The molecule has 2 amide bonds. The van der Waals surface area contributed by atoms with E-state index in [1.165, 1.54) is 46.4 Å². The number of alkyl halides is 3. The first-order valence-corrected chi connectivity index (χ1v) is 16.6. The minimum atomic E-state index is -4.75. The molecule has 1 aliphatic rings. The molecule has 0 atom stereocenters. The van der Waals surface area contributed by atoms with Crippen molar-refractivity contribution < 1.29 is 22.7 Å².